The summed E-state index contributed by atoms with van der Waals surface area (Å²) in [6.07, 6.45) is 2.05. The predicted molar refractivity (Wildman–Crippen MR) is 85.6 cm³/mol. The molecule has 1 atom stereocenters. The Balaban J connectivity index is 2.27. The summed E-state index contributed by atoms with van der Waals surface area (Å²) in [5, 5.41) is 2.95. The summed E-state index contributed by atoms with van der Waals surface area (Å²) in [5.41, 5.74) is 7.20. The van der Waals surface area contributed by atoms with E-state index in [-0.39, 0.29) is 17.2 Å². The van der Waals surface area contributed by atoms with Crippen LogP contribution in [0.4, 0.5) is 5.69 Å². The SMILES string of the molecule is COc1ccc(C(C)(C)C)cc1NC(=O)C(C)(N)C1CC1. The van der Waals surface area contributed by atoms with Crippen LogP contribution in [-0.2, 0) is 10.2 Å². The van der Waals surface area contributed by atoms with E-state index in [4.69, 9.17) is 10.5 Å². The number of anilines is 1. The van der Waals surface area contributed by atoms with E-state index in [1.807, 2.05) is 18.2 Å². The topological polar surface area (TPSA) is 64.3 Å². The fraction of sp³-hybridized carbons (Fsp3) is 0.588. The highest BCUT2D eigenvalue weighted by molar-refractivity contribution is 5.99. The zero-order valence-corrected chi connectivity index (χ0v) is 13.6. The third-order valence-corrected chi connectivity index (χ3v) is 4.23. The fourth-order valence-corrected chi connectivity index (χ4v) is 2.40. The normalized spacial score (nSPS) is 18.0. The molecular weight excluding hydrogens is 264 g/mol. The van der Waals surface area contributed by atoms with E-state index in [1.165, 1.54) is 0 Å². The number of nitrogens with one attached hydrogen (secondary N) is 1. The summed E-state index contributed by atoms with van der Waals surface area (Å²) in [4.78, 5) is 12.5. The first-order chi connectivity index (χ1) is 9.66. The number of hydrogen-bond donors (Lipinski definition) is 2. The third kappa shape index (κ3) is 3.38. The standard InChI is InChI=1S/C17H26N2O2/c1-16(2,3)12-8-9-14(21-5)13(10-12)19-15(20)17(4,18)11-6-7-11/h8-11H,6-7,18H2,1-5H3,(H,19,20). The molecule has 1 saturated carbocycles. The van der Waals surface area contributed by atoms with Crippen LogP contribution < -0.4 is 15.8 Å². The molecule has 116 valence electrons. The molecule has 0 radical (unpaired) electrons. The third-order valence-electron chi connectivity index (χ3n) is 4.23. The number of rotatable bonds is 4. The minimum Gasteiger partial charge on any atom is -0.495 e. The van der Waals surface area contributed by atoms with Gasteiger partial charge in [0.2, 0.25) is 5.91 Å². The van der Waals surface area contributed by atoms with Gasteiger partial charge in [-0.15, -0.1) is 0 Å². The molecule has 4 heteroatoms. The summed E-state index contributed by atoms with van der Waals surface area (Å²) in [6, 6.07) is 5.89. The molecule has 1 unspecified atom stereocenters. The smallest absolute Gasteiger partial charge is 0.244 e. The van der Waals surface area contributed by atoms with E-state index in [9.17, 15) is 4.79 Å². The van der Waals surface area contributed by atoms with Gasteiger partial charge >= 0.3 is 0 Å². The van der Waals surface area contributed by atoms with Crippen LogP contribution in [0.3, 0.4) is 0 Å². The van der Waals surface area contributed by atoms with Gasteiger partial charge in [0.05, 0.1) is 18.3 Å². The Labute approximate surface area is 127 Å². The Hall–Kier alpha value is -1.55. The van der Waals surface area contributed by atoms with Crippen LogP contribution in [0, 0.1) is 5.92 Å². The van der Waals surface area contributed by atoms with Crippen molar-refractivity contribution in [2.75, 3.05) is 12.4 Å². The number of carbonyl (C=O) groups excluding carboxylic acids is 1. The van der Waals surface area contributed by atoms with Gasteiger partial charge < -0.3 is 15.8 Å². The monoisotopic (exact) mass is 290 g/mol. The molecule has 2 rings (SSSR count). The number of amides is 1. The van der Waals surface area contributed by atoms with Crippen molar-refractivity contribution < 1.29 is 9.53 Å². The van der Waals surface area contributed by atoms with Gasteiger partial charge in [-0.2, -0.15) is 0 Å². The van der Waals surface area contributed by atoms with E-state index >= 15 is 0 Å². The number of carbonyl (C=O) groups is 1. The molecule has 4 nitrogen and oxygen atoms in total. The highest BCUT2D eigenvalue weighted by atomic mass is 16.5. The van der Waals surface area contributed by atoms with Crippen molar-refractivity contribution in [3.63, 3.8) is 0 Å². The number of nitrogens with two attached hydrogens (primary N) is 1. The van der Waals surface area contributed by atoms with Crippen molar-refractivity contribution in [1.82, 2.24) is 0 Å². The second-order valence-electron chi connectivity index (χ2n) is 7.18. The molecular formula is C17H26N2O2. The Morgan fingerprint density at radius 2 is 1.90 bits per heavy atom. The summed E-state index contributed by atoms with van der Waals surface area (Å²) >= 11 is 0. The summed E-state index contributed by atoms with van der Waals surface area (Å²) in [5.74, 6) is 0.798. The largest absolute Gasteiger partial charge is 0.495 e. The molecule has 0 aromatic heterocycles. The Kier molecular flexibility index (Phi) is 4.02. The average Bonchev–Trinajstić information content (AvgIpc) is 3.22. The molecule has 0 heterocycles. The molecule has 1 amide bonds. The van der Waals surface area contributed by atoms with Crippen LogP contribution in [0.15, 0.2) is 18.2 Å². The Morgan fingerprint density at radius 3 is 2.38 bits per heavy atom. The van der Waals surface area contributed by atoms with Crippen molar-refractivity contribution in [3.8, 4) is 5.75 Å². The van der Waals surface area contributed by atoms with E-state index in [2.05, 4.69) is 26.1 Å². The highest BCUT2D eigenvalue weighted by Gasteiger charge is 2.44. The molecule has 0 aliphatic heterocycles. The van der Waals surface area contributed by atoms with Gasteiger partial charge in [-0.25, -0.2) is 0 Å². The van der Waals surface area contributed by atoms with E-state index < -0.39 is 5.54 Å². The molecule has 0 spiro atoms. The van der Waals surface area contributed by atoms with Gasteiger partial charge in [0, 0.05) is 0 Å². The quantitative estimate of drug-likeness (QED) is 0.895. The van der Waals surface area contributed by atoms with E-state index in [0.29, 0.717) is 11.4 Å². The minimum atomic E-state index is -0.817. The van der Waals surface area contributed by atoms with Gasteiger partial charge in [0.1, 0.15) is 5.75 Å². The second-order valence-corrected chi connectivity index (χ2v) is 7.18. The van der Waals surface area contributed by atoms with Gasteiger partial charge in [-0.3, -0.25) is 4.79 Å². The van der Waals surface area contributed by atoms with Crippen LogP contribution >= 0.6 is 0 Å². The zero-order chi connectivity index (χ0) is 15.8. The fourth-order valence-electron chi connectivity index (χ4n) is 2.40. The molecule has 1 fully saturated rings. The lowest BCUT2D eigenvalue weighted by Crippen LogP contribution is -2.50. The Bertz CT molecular complexity index is 540. The van der Waals surface area contributed by atoms with Gasteiger partial charge in [-0.05, 0) is 48.8 Å². The maximum absolute atomic E-state index is 12.5. The van der Waals surface area contributed by atoms with Gasteiger partial charge in [0.25, 0.3) is 0 Å². The lowest BCUT2D eigenvalue weighted by atomic mass is 9.86. The first kappa shape index (κ1) is 15.8. The zero-order valence-electron chi connectivity index (χ0n) is 13.6. The summed E-state index contributed by atoms with van der Waals surface area (Å²) in [6.45, 7) is 8.22. The first-order valence-corrected chi connectivity index (χ1v) is 7.45. The molecule has 3 N–H and O–H groups in total. The average molecular weight is 290 g/mol. The summed E-state index contributed by atoms with van der Waals surface area (Å²) in [7, 11) is 1.60. The predicted octanol–water partition coefficient (Wildman–Crippen LogP) is 3.06. The maximum atomic E-state index is 12.5. The van der Waals surface area contributed by atoms with Crippen LogP contribution in [0.5, 0.6) is 5.75 Å². The van der Waals surface area contributed by atoms with Crippen molar-refractivity contribution in [1.29, 1.82) is 0 Å². The molecule has 1 aromatic rings. The molecule has 1 aromatic carbocycles. The minimum absolute atomic E-state index is 0.00819. The second kappa shape index (κ2) is 5.34. The highest BCUT2D eigenvalue weighted by Crippen LogP contribution is 2.39. The maximum Gasteiger partial charge on any atom is 0.244 e. The van der Waals surface area contributed by atoms with Crippen molar-refractivity contribution in [2.45, 2.75) is 51.5 Å². The molecule has 21 heavy (non-hydrogen) atoms. The van der Waals surface area contributed by atoms with E-state index in [0.717, 1.165) is 18.4 Å². The number of hydrogen-bond acceptors (Lipinski definition) is 3. The lowest BCUT2D eigenvalue weighted by molar-refractivity contribution is -0.121. The summed E-state index contributed by atoms with van der Waals surface area (Å²) < 4.78 is 5.35. The Morgan fingerprint density at radius 1 is 1.29 bits per heavy atom. The van der Waals surface area contributed by atoms with Crippen molar-refractivity contribution in [3.05, 3.63) is 23.8 Å². The van der Waals surface area contributed by atoms with Crippen LogP contribution in [-0.4, -0.2) is 18.6 Å². The van der Waals surface area contributed by atoms with Crippen molar-refractivity contribution >= 4 is 11.6 Å². The lowest BCUT2D eigenvalue weighted by Gasteiger charge is -2.25. The number of benzene rings is 1. The number of ether oxygens (including phenoxy) is 1. The van der Waals surface area contributed by atoms with Gasteiger partial charge in [-0.1, -0.05) is 26.8 Å². The van der Waals surface area contributed by atoms with Crippen LogP contribution in [0.1, 0.15) is 46.1 Å². The van der Waals surface area contributed by atoms with Crippen LogP contribution in [0.2, 0.25) is 0 Å². The molecule has 1 aliphatic rings. The molecule has 0 saturated heterocycles. The molecule has 0 bridgehead atoms. The van der Waals surface area contributed by atoms with Gasteiger partial charge in [0.15, 0.2) is 0 Å². The first-order valence-electron chi connectivity index (χ1n) is 7.45. The van der Waals surface area contributed by atoms with Crippen molar-refractivity contribution in [2.24, 2.45) is 11.7 Å². The molecule has 1 aliphatic carbocycles. The number of methoxy groups -OCH3 is 1. The van der Waals surface area contributed by atoms with E-state index in [1.54, 1.807) is 14.0 Å². The van der Waals surface area contributed by atoms with Crippen LogP contribution in [0.25, 0.3) is 0 Å².